The number of hydrogen-bond donors (Lipinski definition) is 0. The Morgan fingerprint density at radius 3 is 2.50 bits per heavy atom. The van der Waals surface area contributed by atoms with Crippen molar-refractivity contribution in [1.29, 1.82) is 0 Å². The van der Waals surface area contributed by atoms with Gasteiger partial charge in [-0.1, -0.05) is 30.3 Å². The van der Waals surface area contributed by atoms with Gasteiger partial charge in [-0.05, 0) is 34.6 Å². The second-order valence-corrected chi connectivity index (χ2v) is 8.68. The zero-order chi connectivity index (χ0) is 21.6. The van der Waals surface area contributed by atoms with Crippen LogP contribution in [-0.4, -0.2) is 36.6 Å². The average molecular weight is 406 g/mol. The van der Waals surface area contributed by atoms with E-state index in [9.17, 15) is 4.79 Å². The molecule has 1 aliphatic heterocycles. The summed E-state index contributed by atoms with van der Waals surface area (Å²) in [6.07, 6.45) is 2.17. The highest BCUT2D eigenvalue weighted by atomic mass is 16.6. The molecular weight excluding hydrogens is 378 g/mol. The zero-order valence-electron chi connectivity index (χ0n) is 18.3. The normalized spacial score (nSPS) is 15.8. The Hall–Kier alpha value is -3.22. The third-order valence-corrected chi connectivity index (χ3v) is 5.20. The predicted octanol–water partition coefficient (Wildman–Crippen LogP) is 3.85. The van der Waals surface area contributed by atoms with Crippen molar-refractivity contribution in [2.24, 2.45) is 12.0 Å². The number of aryl methyl sites for hydroxylation is 2. The summed E-state index contributed by atoms with van der Waals surface area (Å²) in [4.78, 5) is 17.7. The summed E-state index contributed by atoms with van der Waals surface area (Å²) in [6, 6.07) is 9.56. The van der Waals surface area contributed by atoms with E-state index < -0.39 is 11.6 Å². The van der Waals surface area contributed by atoms with Crippen LogP contribution in [0.3, 0.4) is 0 Å². The molecule has 1 aromatic carbocycles. The van der Waals surface area contributed by atoms with Crippen LogP contribution in [-0.2, 0) is 16.6 Å². The van der Waals surface area contributed by atoms with E-state index >= 15 is 0 Å². The van der Waals surface area contributed by atoms with Gasteiger partial charge in [0.15, 0.2) is 5.82 Å². The molecule has 0 saturated heterocycles. The summed E-state index contributed by atoms with van der Waals surface area (Å²) >= 11 is 0. The van der Waals surface area contributed by atoms with Gasteiger partial charge in [-0.2, -0.15) is 0 Å². The molecule has 3 heterocycles. The first kappa shape index (κ1) is 20.1. The fraction of sp³-hybridized carbons (Fsp3) is 0.391. The van der Waals surface area contributed by atoms with Gasteiger partial charge in [-0.15, -0.1) is 10.2 Å². The van der Waals surface area contributed by atoms with Crippen molar-refractivity contribution in [2.75, 3.05) is 0 Å². The number of carbonyl (C=O) groups is 1. The van der Waals surface area contributed by atoms with E-state index in [1.165, 1.54) is 0 Å². The summed E-state index contributed by atoms with van der Waals surface area (Å²) in [5, 5.41) is 8.69. The molecule has 156 valence electrons. The van der Waals surface area contributed by atoms with Gasteiger partial charge in [0.1, 0.15) is 17.5 Å². The Labute approximate surface area is 176 Å². The minimum atomic E-state index is -0.557. The molecule has 0 spiro atoms. The van der Waals surface area contributed by atoms with E-state index in [0.717, 1.165) is 34.0 Å². The first-order valence-corrected chi connectivity index (χ1v) is 10.1. The quantitative estimate of drug-likeness (QED) is 0.621. The topological polar surface area (TPSA) is 74.3 Å². The molecule has 0 N–H and O–H groups in total. The molecule has 30 heavy (non-hydrogen) atoms. The van der Waals surface area contributed by atoms with Crippen molar-refractivity contribution in [1.82, 2.24) is 19.3 Å². The minimum absolute atomic E-state index is 0.0984. The number of carbonyl (C=O) groups excluding carboxylic acids is 1. The summed E-state index contributed by atoms with van der Waals surface area (Å²) in [6.45, 7) is 9.58. The number of aliphatic imine (C=N–C) groups is 1. The fourth-order valence-corrected chi connectivity index (χ4v) is 3.83. The molecule has 0 radical (unpaired) electrons. The fourth-order valence-electron chi connectivity index (χ4n) is 3.83. The minimum Gasteiger partial charge on any atom is -0.460 e. The van der Waals surface area contributed by atoms with Gasteiger partial charge < -0.3 is 9.30 Å². The second kappa shape index (κ2) is 7.23. The molecule has 0 aliphatic carbocycles. The summed E-state index contributed by atoms with van der Waals surface area (Å²) < 4.78 is 9.67. The molecule has 0 amide bonds. The summed E-state index contributed by atoms with van der Waals surface area (Å²) in [5.41, 5.74) is 4.38. The van der Waals surface area contributed by atoms with Gasteiger partial charge in [0.2, 0.25) is 0 Å². The van der Waals surface area contributed by atoms with Gasteiger partial charge in [0, 0.05) is 30.1 Å². The Morgan fingerprint density at radius 2 is 1.83 bits per heavy atom. The lowest BCUT2D eigenvalue weighted by molar-refractivity contribution is -0.155. The zero-order valence-corrected chi connectivity index (χ0v) is 18.3. The van der Waals surface area contributed by atoms with Gasteiger partial charge in [0.25, 0.3) is 0 Å². The van der Waals surface area contributed by atoms with Crippen LogP contribution >= 0.6 is 0 Å². The molecule has 2 aromatic heterocycles. The Bertz CT molecular complexity index is 1130. The maximum absolute atomic E-state index is 12.7. The summed E-state index contributed by atoms with van der Waals surface area (Å²) in [7, 11) is 2.02. The Balaban J connectivity index is 1.91. The van der Waals surface area contributed by atoms with Crippen molar-refractivity contribution in [3.05, 3.63) is 65.0 Å². The Kier molecular flexibility index (Phi) is 4.84. The number of ether oxygens (including phenoxy) is 1. The van der Waals surface area contributed by atoms with E-state index in [1.807, 2.05) is 69.6 Å². The van der Waals surface area contributed by atoms with Crippen LogP contribution in [0.15, 0.2) is 41.5 Å². The number of nitrogens with zero attached hydrogens (tertiary/aromatic N) is 5. The van der Waals surface area contributed by atoms with Crippen molar-refractivity contribution in [3.63, 3.8) is 0 Å². The van der Waals surface area contributed by atoms with Gasteiger partial charge in [-0.25, -0.2) is 0 Å². The molecule has 7 nitrogen and oxygen atoms in total. The monoisotopic (exact) mass is 405 g/mol. The first-order chi connectivity index (χ1) is 14.2. The molecule has 1 unspecified atom stereocenters. The molecule has 0 saturated carbocycles. The standard InChI is InChI=1S/C23H27N5O2/c1-14-20-18(13-27(14)6)28-15(2)25-26-22(28)17(12-19(29)30-23(3,4)5)24-21(20)16-10-8-7-9-11-16/h7-11,13,17H,12H2,1-6H3. The number of aromatic nitrogens is 4. The van der Waals surface area contributed by atoms with Crippen molar-refractivity contribution < 1.29 is 9.53 Å². The van der Waals surface area contributed by atoms with E-state index in [-0.39, 0.29) is 12.4 Å². The highest BCUT2D eigenvalue weighted by Crippen LogP contribution is 2.35. The van der Waals surface area contributed by atoms with E-state index in [1.54, 1.807) is 0 Å². The van der Waals surface area contributed by atoms with Crippen LogP contribution in [0.25, 0.3) is 5.69 Å². The number of hydrogen-bond acceptors (Lipinski definition) is 5. The lowest BCUT2D eigenvalue weighted by atomic mass is 10.0. The smallest absolute Gasteiger partial charge is 0.308 e. The van der Waals surface area contributed by atoms with E-state index in [2.05, 4.69) is 27.9 Å². The van der Waals surface area contributed by atoms with Crippen molar-refractivity contribution in [3.8, 4) is 5.69 Å². The van der Waals surface area contributed by atoms with Crippen LogP contribution in [0.1, 0.15) is 61.7 Å². The highest BCUT2D eigenvalue weighted by molar-refractivity contribution is 6.16. The third kappa shape index (κ3) is 3.56. The van der Waals surface area contributed by atoms with Gasteiger partial charge >= 0.3 is 5.97 Å². The SMILES string of the molecule is Cc1c2c(cn1C)-n1c(C)nnc1C(CC(=O)OC(C)(C)C)N=C2c1ccccc1. The van der Waals surface area contributed by atoms with Crippen LogP contribution in [0, 0.1) is 13.8 Å². The van der Waals surface area contributed by atoms with Crippen LogP contribution < -0.4 is 0 Å². The van der Waals surface area contributed by atoms with E-state index in [0.29, 0.717) is 5.82 Å². The predicted molar refractivity (Wildman–Crippen MR) is 115 cm³/mol. The van der Waals surface area contributed by atoms with Crippen LogP contribution in [0.2, 0.25) is 0 Å². The molecule has 1 atom stereocenters. The second-order valence-electron chi connectivity index (χ2n) is 8.68. The van der Waals surface area contributed by atoms with Crippen molar-refractivity contribution in [2.45, 2.75) is 52.7 Å². The van der Waals surface area contributed by atoms with Crippen molar-refractivity contribution >= 4 is 11.7 Å². The van der Waals surface area contributed by atoms with Gasteiger partial charge in [-0.3, -0.25) is 14.4 Å². The van der Waals surface area contributed by atoms with Crippen LogP contribution in [0.5, 0.6) is 0 Å². The molecule has 7 heteroatoms. The molecular formula is C23H27N5O2. The van der Waals surface area contributed by atoms with Gasteiger partial charge in [0.05, 0.1) is 17.8 Å². The first-order valence-electron chi connectivity index (χ1n) is 10.1. The lowest BCUT2D eigenvalue weighted by Gasteiger charge is -2.21. The molecule has 0 fully saturated rings. The highest BCUT2D eigenvalue weighted by Gasteiger charge is 2.32. The van der Waals surface area contributed by atoms with E-state index in [4.69, 9.17) is 9.73 Å². The maximum atomic E-state index is 12.7. The molecule has 4 rings (SSSR count). The lowest BCUT2D eigenvalue weighted by Crippen LogP contribution is -2.25. The third-order valence-electron chi connectivity index (χ3n) is 5.20. The maximum Gasteiger partial charge on any atom is 0.308 e. The average Bonchev–Trinajstić information content (AvgIpc) is 3.13. The largest absolute Gasteiger partial charge is 0.460 e. The number of rotatable bonds is 3. The number of benzene rings is 1. The summed E-state index contributed by atoms with van der Waals surface area (Å²) in [5.74, 6) is 1.10. The number of esters is 1. The molecule has 3 aromatic rings. The van der Waals surface area contributed by atoms with Crippen LogP contribution in [0.4, 0.5) is 0 Å². The Morgan fingerprint density at radius 1 is 1.13 bits per heavy atom. The molecule has 0 bridgehead atoms. The number of fused-ring (bicyclic) bond motifs is 3. The molecule has 1 aliphatic rings.